The van der Waals surface area contributed by atoms with Gasteiger partial charge in [0.15, 0.2) is 0 Å². The van der Waals surface area contributed by atoms with E-state index < -0.39 is 12.1 Å². The number of ether oxygens (including phenoxy) is 2. The molecule has 0 unspecified atom stereocenters. The average Bonchev–Trinajstić information content (AvgIpc) is 4.16. The van der Waals surface area contributed by atoms with Gasteiger partial charge < -0.3 is 40.5 Å². The Labute approximate surface area is 380 Å². The molecule has 6 amide bonds. The summed E-state index contributed by atoms with van der Waals surface area (Å²) in [5.41, 5.74) is 9.34. The van der Waals surface area contributed by atoms with Crippen molar-refractivity contribution in [2.24, 2.45) is 0 Å². The minimum Gasteiger partial charge on any atom is -0.453 e. The summed E-state index contributed by atoms with van der Waals surface area (Å²) in [5.74, 6) is -0.518. The van der Waals surface area contributed by atoms with Gasteiger partial charge >= 0.3 is 6.09 Å². The molecule has 7 rings (SSSR count). The van der Waals surface area contributed by atoms with E-state index in [1.807, 2.05) is 24.3 Å². The number of carbonyl (C=O) groups is 6. The van der Waals surface area contributed by atoms with Gasteiger partial charge in [-0.3, -0.25) is 24.0 Å². The number of fused-ring (bicyclic) bond motifs is 2. The van der Waals surface area contributed by atoms with Gasteiger partial charge in [0.25, 0.3) is 0 Å². The highest BCUT2D eigenvalue weighted by molar-refractivity contribution is 5.98. The van der Waals surface area contributed by atoms with Crippen LogP contribution in [0.4, 0.5) is 16.2 Å². The van der Waals surface area contributed by atoms with Gasteiger partial charge in [-0.15, -0.1) is 0 Å². The SMILES string of the molecule is CCC.CCC.COC.COC(=O)NCC(=O)N1CCC[C@H]1C(=O)Nc1ccc(-c2ccc(-c3ccc(NC=O)cc3)c3c2C2(CCCC2)CC3)cc1.O=CNCC(=O)N1CCCC1. The van der Waals surface area contributed by atoms with Crippen molar-refractivity contribution < 1.29 is 38.2 Å². The molecule has 3 aromatic rings. The van der Waals surface area contributed by atoms with Crippen LogP contribution in [0, 0.1) is 0 Å². The lowest BCUT2D eigenvalue weighted by molar-refractivity contribution is -0.135. The van der Waals surface area contributed by atoms with E-state index in [2.05, 4.69) is 94.8 Å². The van der Waals surface area contributed by atoms with E-state index in [0.717, 1.165) is 62.0 Å². The molecule has 1 atom stereocenters. The van der Waals surface area contributed by atoms with Gasteiger partial charge in [0, 0.05) is 45.2 Å². The van der Waals surface area contributed by atoms with Crippen LogP contribution in [0.5, 0.6) is 0 Å². The van der Waals surface area contributed by atoms with E-state index in [9.17, 15) is 28.8 Å². The molecule has 2 aliphatic heterocycles. The average molecular weight is 885 g/mol. The summed E-state index contributed by atoms with van der Waals surface area (Å²) in [4.78, 5) is 72.3. The summed E-state index contributed by atoms with van der Waals surface area (Å²) < 4.78 is 8.79. The number of hydrogen-bond acceptors (Lipinski definition) is 8. The largest absolute Gasteiger partial charge is 0.453 e. The first-order chi connectivity index (χ1) is 31.0. The van der Waals surface area contributed by atoms with Crippen molar-refractivity contribution >= 4 is 48.0 Å². The normalized spacial score (nSPS) is 16.1. The number of hydrogen-bond donors (Lipinski definition) is 4. The smallest absolute Gasteiger partial charge is 0.407 e. The third-order valence-electron chi connectivity index (χ3n) is 11.4. The van der Waals surface area contributed by atoms with E-state index in [1.54, 1.807) is 19.1 Å². The third kappa shape index (κ3) is 14.9. The van der Waals surface area contributed by atoms with Crippen molar-refractivity contribution in [3.8, 4) is 22.3 Å². The molecule has 4 aliphatic rings. The zero-order valence-electron chi connectivity index (χ0n) is 39.2. The second-order valence-corrected chi connectivity index (χ2v) is 16.4. The van der Waals surface area contributed by atoms with Crippen LogP contribution in [0.15, 0.2) is 60.7 Å². The van der Waals surface area contributed by atoms with Crippen molar-refractivity contribution in [1.29, 1.82) is 0 Å². The van der Waals surface area contributed by atoms with Crippen LogP contribution >= 0.6 is 0 Å². The first-order valence-corrected chi connectivity index (χ1v) is 22.9. The standard InChI is InChI=1S/C35H38N4O5.C7H12N2O2.2C3H8.C2H6O/c1-44-34(43)36-21-31(41)39-20-4-5-30(39)33(42)38-26-12-8-24(9-13-26)28-15-14-27(23-6-10-25(11-7-23)37-22-40)29-16-19-35(32(28)29)17-2-3-18-35;10-6-8-5-7(11)9-3-1-2-4-9;3*1-3-2/h6-15,22,30H,2-5,16-21H2,1H3,(H,36,43)(H,37,40)(H,38,42);6H,1-5H2,(H,8,10);2*3H2,1-2H3;1-2H3/t30-;;;;/m0..../s1. The molecule has 2 saturated heterocycles. The van der Waals surface area contributed by atoms with Gasteiger partial charge in [-0.25, -0.2) is 4.79 Å². The lowest BCUT2D eigenvalue weighted by Crippen LogP contribution is -2.47. The van der Waals surface area contributed by atoms with Crippen LogP contribution in [0.2, 0.25) is 0 Å². The van der Waals surface area contributed by atoms with Gasteiger partial charge in [0.05, 0.1) is 13.7 Å². The molecule has 14 heteroatoms. The van der Waals surface area contributed by atoms with Crippen molar-refractivity contribution in [3.05, 3.63) is 71.8 Å². The van der Waals surface area contributed by atoms with Crippen LogP contribution in [-0.2, 0) is 45.3 Å². The summed E-state index contributed by atoms with van der Waals surface area (Å²) in [6, 6.07) is 19.9. The van der Waals surface area contributed by atoms with Crippen molar-refractivity contribution in [2.45, 2.75) is 116 Å². The van der Waals surface area contributed by atoms with Gasteiger partial charge in [-0.1, -0.05) is 89.8 Å². The Morgan fingerprint density at radius 2 is 1.25 bits per heavy atom. The fourth-order valence-corrected chi connectivity index (χ4v) is 8.70. The van der Waals surface area contributed by atoms with Gasteiger partial charge in [0.1, 0.15) is 12.6 Å². The molecule has 14 nitrogen and oxygen atoms in total. The van der Waals surface area contributed by atoms with Crippen LogP contribution in [-0.4, -0.2) is 107 Å². The maximum atomic E-state index is 13.2. The molecule has 3 fully saturated rings. The number of anilines is 2. The van der Waals surface area contributed by atoms with Gasteiger partial charge in [0.2, 0.25) is 30.5 Å². The predicted octanol–water partition coefficient (Wildman–Crippen LogP) is 8.08. The summed E-state index contributed by atoms with van der Waals surface area (Å²) in [7, 11) is 4.49. The molecule has 0 radical (unpaired) electrons. The number of likely N-dealkylation sites (tertiary alicyclic amines) is 2. The Hall–Kier alpha value is -5.76. The minimum atomic E-state index is -0.680. The topological polar surface area (TPSA) is 175 Å². The minimum absolute atomic E-state index is 0.0228. The Kier molecular flexibility index (Phi) is 23.1. The molecule has 0 aromatic heterocycles. The predicted molar refractivity (Wildman–Crippen MR) is 254 cm³/mol. The second-order valence-electron chi connectivity index (χ2n) is 16.4. The highest BCUT2D eigenvalue weighted by Crippen LogP contribution is 2.55. The lowest BCUT2D eigenvalue weighted by atomic mass is 9.76. The first kappa shape index (κ1) is 52.6. The van der Waals surface area contributed by atoms with Crippen LogP contribution in [0.25, 0.3) is 22.3 Å². The maximum absolute atomic E-state index is 13.2. The number of carbonyl (C=O) groups excluding carboxylic acids is 6. The highest BCUT2D eigenvalue weighted by atomic mass is 16.5. The molecule has 2 heterocycles. The van der Waals surface area contributed by atoms with Crippen LogP contribution < -0.4 is 21.3 Å². The number of nitrogens with zero attached hydrogens (tertiary/aromatic N) is 2. The van der Waals surface area contributed by atoms with E-state index in [1.165, 1.54) is 72.8 Å². The summed E-state index contributed by atoms with van der Waals surface area (Å²) in [6.45, 7) is 10.6. The summed E-state index contributed by atoms with van der Waals surface area (Å²) >= 11 is 0. The molecule has 1 saturated carbocycles. The van der Waals surface area contributed by atoms with E-state index >= 15 is 0 Å². The number of amides is 6. The van der Waals surface area contributed by atoms with Gasteiger partial charge in [-0.05, 0) is 114 Å². The van der Waals surface area contributed by atoms with E-state index in [-0.39, 0.29) is 36.2 Å². The molecule has 2 aliphatic carbocycles. The molecule has 4 N–H and O–H groups in total. The maximum Gasteiger partial charge on any atom is 0.407 e. The lowest BCUT2D eigenvalue weighted by Gasteiger charge is -2.28. The molecular weight excluding hydrogens is 813 g/mol. The summed E-state index contributed by atoms with van der Waals surface area (Å²) in [5, 5.41) is 10.5. The zero-order chi connectivity index (χ0) is 46.9. The third-order valence-corrected chi connectivity index (χ3v) is 11.4. The molecule has 1 spiro atoms. The van der Waals surface area contributed by atoms with E-state index in [0.29, 0.717) is 31.5 Å². The number of methoxy groups -OCH3 is 2. The number of alkyl carbamates (subject to hydrolysis) is 1. The number of rotatable bonds is 11. The highest BCUT2D eigenvalue weighted by Gasteiger charge is 2.43. The molecule has 64 heavy (non-hydrogen) atoms. The van der Waals surface area contributed by atoms with Crippen molar-refractivity contribution in [3.63, 3.8) is 0 Å². The Morgan fingerprint density at radius 3 is 1.81 bits per heavy atom. The fraction of sp³-hybridized carbons (Fsp3) is 0.520. The molecule has 0 bridgehead atoms. The Morgan fingerprint density at radius 1 is 0.688 bits per heavy atom. The zero-order valence-corrected chi connectivity index (χ0v) is 39.2. The van der Waals surface area contributed by atoms with Crippen molar-refractivity contribution in [2.75, 3.05) is 64.7 Å². The Balaban J connectivity index is 0.000000455. The van der Waals surface area contributed by atoms with Crippen LogP contribution in [0.3, 0.4) is 0 Å². The van der Waals surface area contributed by atoms with Crippen molar-refractivity contribution in [1.82, 2.24) is 20.4 Å². The molecular formula is C50H72N6O8. The second kappa shape index (κ2) is 28.1. The Bertz CT molecular complexity index is 1920. The first-order valence-electron chi connectivity index (χ1n) is 22.9. The van der Waals surface area contributed by atoms with E-state index in [4.69, 9.17) is 0 Å². The number of nitrogens with one attached hydrogen (secondary N) is 4. The van der Waals surface area contributed by atoms with Gasteiger partial charge in [-0.2, -0.15) is 0 Å². The summed E-state index contributed by atoms with van der Waals surface area (Å²) in [6.07, 6.45) is 13.7. The monoisotopic (exact) mass is 885 g/mol. The molecule has 350 valence electrons. The molecule has 3 aromatic carbocycles. The van der Waals surface area contributed by atoms with Crippen LogP contribution in [0.1, 0.15) is 109 Å². The fourth-order valence-electron chi connectivity index (χ4n) is 8.70. The quantitative estimate of drug-likeness (QED) is 0.140. The number of benzene rings is 3.